The Balaban J connectivity index is 2.76. The first kappa shape index (κ1) is 20.2. The number of carbonyl (C=O) groups excluding carboxylic acids is 2. The molecule has 1 aliphatic rings. The van der Waals surface area contributed by atoms with Gasteiger partial charge < -0.3 is 4.74 Å². The number of pyridine rings is 1. The van der Waals surface area contributed by atoms with Crippen molar-refractivity contribution in [3.8, 4) is 5.75 Å². The van der Waals surface area contributed by atoms with Crippen LogP contribution in [0.2, 0.25) is 0 Å². The lowest BCUT2D eigenvalue weighted by Crippen LogP contribution is -2.16. The molecule has 0 bridgehead atoms. The lowest BCUT2D eigenvalue weighted by Gasteiger charge is -2.23. The summed E-state index contributed by atoms with van der Waals surface area (Å²) >= 11 is 1.29. The molecule has 4 nitrogen and oxygen atoms in total. The second-order valence-corrected chi connectivity index (χ2v) is 7.00. The van der Waals surface area contributed by atoms with E-state index >= 15 is 0 Å². The maximum atomic E-state index is 12.7. The van der Waals surface area contributed by atoms with Gasteiger partial charge in [-0.3, -0.25) is 9.78 Å². The van der Waals surface area contributed by atoms with Crippen molar-refractivity contribution >= 4 is 22.8 Å². The van der Waals surface area contributed by atoms with Gasteiger partial charge in [-0.05, 0) is 31.6 Å². The highest BCUT2D eigenvalue weighted by molar-refractivity contribution is 8.14. The molecule has 5 heteroatoms. The van der Waals surface area contributed by atoms with E-state index in [0.717, 1.165) is 11.3 Å². The summed E-state index contributed by atoms with van der Waals surface area (Å²) < 4.78 is 5.95. The first-order chi connectivity index (χ1) is 12.6. The van der Waals surface area contributed by atoms with Crippen LogP contribution in [0.5, 0.6) is 5.75 Å². The van der Waals surface area contributed by atoms with E-state index in [0.29, 0.717) is 47.8 Å². The summed E-state index contributed by atoms with van der Waals surface area (Å²) in [5, 5.41) is 0.0337. The van der Waals surface area contributed by atoms with E-state index in [4.69, 9.17) is 9.72 Å². The Morgan fingerprint density at radius 1 is 1.23 bits per heavy atom. The number of hydrogen-bond acceptors (Lipinski definition) is 5. The summed E-state index contributed by atoms with van der Waals surface area (Å²) in [6.45, 7) is 8.35. The van der Waals surface area contributed by atoms with E-state index in [1.807, 2.05) is 51.9 Å². The van der Waals surface area contributed by atoms with Crippen molar-refractivity contribution in [1.29, 1.82) is 0 Å². The van der Waals surface area contributed by atoms with E-state index in [1.165, 1.54) is 11.8 Å². The molecule has 26 heavy (non-hydrogen) atoms. The summed E-state index contributed by atoms with van der Waals surface area (Å²) in [5.41, 5.74) is 3.53. The molecule has 1 heterocycles. The molecule has 138 valence electrons. The number of nitrogens with zero attached hydrogens (tertiary/aromatic N) is 1. The molecule has 0 aromatic carbocycles. The van der Waals surface area contributed by atoms with Crippen LogP contribution in [-0.4, -0.2) is 28.4 Å². The molecule has 0 saturated carbocycles. The Labute approximate surface area is 159 Å². The van der Waals surface area contributed by atoms with Crippen LogP contribution in [0.1, 0.15) is 60.9 Å². The van der Waals surface area contributed by atoms with Crippen LogP contribution in [0.3, 0.4) is 0 Å². The van der Waals surface area contributed by atoms with Crippen LogP contribution in [-0.2, 0) is 17.6 Å². The molecule has 0 fully saturated rings. The minimum Gasteiger partial charge on any atom is -0.492 e. The number of allylic oxidation sites excluding steroid dienone is 5. The number of hydrogen-bond donors (Lipinski definition) is 0. The number of carbonyl (C=O) groups is 1. The Hall–Kier alpha value is -2.10. The van der Waals surface area contributed by atoms with Crippen molar-refractivity contribution < 1.29 is 14.3 Å². The lowest BCUT2D eigenvalue weighted by atomic mass is 9.88. The van der Waals surface area contributed by atoms with Gasteiger partial charge in [0.05, 0.1) is 29.5 Å². The Morgan fingerprint density at radius 2 is 2.00 bits per heavy atom. The highest BCUT2D eigenvalue weighted by Crippen LogP contribution is 2.39. The normalized spacial score (nSPS) is 15.8. The predicted octanol–water partition coefficient (Wildman–Crippen LogP) is 4.47. The van der Waals surface area contributed by atoms with E-state index in [-0.39, 0.29) is 11.0 Å². The summed E-state index contributed by atoms with van der Waals surface area (Å²) in [7, 11) is 0. The molecule has 2 rings (SSSR count). The smallest absolute Gasteiger partial charge is 0.221 e. The van der Waals surface area contributed by atoms with E-state index in [1.54, 1.807) is 6.08 Å². The Morgan fingerprint density at radius 3 is 2.58 bits per heavy atom. The molecule has 0 N–H and O–H groups in total. The summed E-state index contributed by atoms with van der Waals surface area (Å²) in [5.74, 6) is 3.05. The van der Waals surface area contributed by atoms with Crippen LogP contribution < -0.4 is 4.74 Å². The zero-order valence-corrected chi connectivity index (χ0v) is 16.6. The maximum absolute atomic E-state index is 12.7. The van der Waals surface area contributed by atoms with Crippen molar-refractivity contribution in [2.45, 2.75) is 46.5 Å². The van der Waals surface area contributed by atoms with Gasteiger partial charge >= 0.3 is 0 Å². The third kappa shape index (κ3) is 4.00. The van der Waals surface area contributed by atoms with Gasteiger partial charge in [0.15, 0.2) is 0 Å². The van der Waals surface area contributed by atoms with Crippen molar-refractivity contribution in [1.82, 2.24) is 4.98 Å². The van der Waals surface area contributed by atoms with Gasteiger partial charge in [0.25, 0.3) is 0 Å². The largest absolute Gasteiger partial charge is 0.492 e. The van der Waals surface area contributed by atoms with E-state index < -0.39 is 0 Å². The SMILES string of the molecule is CCOc1c(C2C=CC=CC2=C=O)nc(CC)c(C(=O)SCC)c1CC. The Kier molecular flexibility index (Phi) is 7.43. The van der Waals surface area contributed by atoms with Crippen LogP contribution in [0.15, 0.2) is 29.9 Å². The first-order valence-corrected chi connectivity index (χ1v) is 10.1. The average molecular weight is 372 g/mol. The van der Waals surface area contributed by atoms with Crippen molar-refractivity contribution in [3.05, 3.63) is 52.4 Å². The molecule has 1 aliphatic carbocycles. The van der Waals surface area contributed by atoms with Crippen LogP contribution in [0.4, 0.5) is 0 Å². The van der Waals surface area contributed by atoms with Gasteiger partial charge in [-0.2, -0.15) is 0 Å². The summed E-state index contributed by atoms with van der Waals surface area (Å²) in [4.78, 5) is 29.0. The van der Waals surface area contributed by atoms with Gasteiger partial charge in [0.2, 0.25) is 5.12 Å². The monoisotopic (exact) mass is 371 g/mol. The summed E-state index contributed by atoms with van der Waals surface area (Å²) in [6.07, 6.45) is 8.69. The highest BCUT2D eigenvalue weighted by Gasteiger charge is 2.28. The van der Waals surface area contributed by atoms with Gasteiger partial charge in [-0.25, -0.2) is 4.79 Å². The highest BCUT2D eigenvalue weighted by atomic mass is 32.2. The molecule has 0 aliphatic heterocycles. The third-order valence-electron chi connectivity index (χ3n) is 4.25. The lowest BCUT2D eigenvalue weighted by molar-refractivity contribution is 0.108. The molecule has 1 aromatic heterocycles. The second-order valence-electron chi connectivity index (χ2n) is 5.77. The molecule has 0 radical (unpaired) electrons. The fourth-order valence-corrected chi connectivity index (χ4v) is 3.77. The fraction of sp³-hybridized carbons (Fsp3) is 0.429. The van der Waals surface area contributed by atoms with Crippen LogP contribution >= 0.6 is 11.8 Å². The zero-order valence-electron chi connectivity index (χ0n) is 15.8. The standard InChI is InChI=1S/C21H25NO3S/c1-5-15-18(21(24)26-8-4)17(6-2)22-19(20(15)25-7-3)16-12-10-9-11-14(16)13-23/h9-12,16H,5-8H2,1-4H3. The van der Waals surface area contributed by atoms with Crippen molar-refractivity contribution in [3.63, 3.8) is 0 Å². The predicted molar refractivity (Wildman–Crippen MR) is 107 cm³/mol. The van der Waals surface area contributed by atoms with E-state index in [2.05, 4.69) is 0 Å². The minimum absolute atomic E-state index is 0.0337. The molecular weight excluding hydrogens is 346 g/mol. The summed E-state index contributed by atoms with van der Waals surface area (Å²) in [6, 6.07) is 0. The Bertz CT molecular complexity index is 789. The van der Waals surface area contributed by atoms with E-state index in [9.17, 15) is 9.59 Å². The number of rotatable bonds is 7. The fourth-order valence-electron chi connectivity index (χ4n) is 3.13. The quantitative estimate of drug-likeness (QED) is 0.662. The van der Waals surface area contributed by atoms with Gasteiger partial charge in [0, 0.05) is 11.1 Å². The van der Waals surface area contributed by atoms with Gasteiger partial charge in [-0.1, -0.05) is 50.8 Å². The molecule has 1 aromatic rings. The number of thioether (sulfide) groups is 1. The number of ether oxygens (including phenoxy) is 1. The molecule has 1 atom stereocenters. The topological polar surface area (TPSA) is 56.3 Å². The maximum Gasteiger partial charge on any atom is 0.221 e. The first-order valence-electron chi connectivity index (χ1n) is 9.08. The second kappa shape index (κ2) is 9.56. The molecule has 0 amide bonds. The zero-order chi connectivity index (χ0) is 19.1. The van der Waals surface area contributed by atoms with Crippen molar-refractivity contribution in [2.75, 3.05) is 12.4 Å². The molecular formula is C21H25NO3S. The van der Waals surface area contributed by atoms with Crippen LogP contribution in [0, 0.1) is 0 Å². The van der Waals surface area contributed by atoms with Gasteiger partial charge in [0.1, 0.15) is 11.7 Å². The van der Waals surface area contributed by atoms with Gasteiger partial charge in [-0.15, -0.1) is 0 Å². The molecule has 0 saturated heterocycles. The average Bonchev–Trinajstić information content (AvgIpc) is 2.67. The third-order valence-corrected chi connectivity index (χ3v) is 5.00. The van der Waals surface area contributed by atoms with Crippen LogP contribution in [0.25, 0.3) is 0 Å². The number of aryl methyl sites for hydroxylation is 1. The molecule has 0 spiro atoms. The van der Waals surface area contributed by atoms with Crippen molar-refractivity contribution in [2.24, 2.45) is 0 Å². The number of aromatic nitrogens is 1. The molecule has 1 unspecified atom stereocenters. The minimum atomic E-state index is -0.308.